The molecule has 0 aliphatic carbocycles. The third-order valence-corrected chi connectivity index (χ3v) is 29.6. The summed E-state index contributed by atoms with van der Waals surface area (Å²) in [5, 5.41) is 18.2. The normalized spacial score (nSPS) is 18.3. The Kier molecular flexibility index (Phi) is 25.9. The number of halogens is 2. The van der Waals surface area contributed by atoms with Gasteiger partial charge in [0.15, 0.2) is 39.9 Å². The highest BCUT2D eigenvalue weighted by atomic mass is 19.1. The molecular formula is C113H113F2N23O10. The molecule has 8 fully saturated rings. The van der Waals surface area contributed by atoms with Crippen LogP contribution in [0.25, 0.3) is 139 Å². The average Bonchev–Trinajstić information content (AvgIpc) is 1.59. The minimum atomic E-state index is -0.469. The van der Waals surface area contributed by atoms with Gasteiger partial charge in [0.2, 0.25) is 0 Å². The van der Waals surface area contributed by atoms with Gasteiger partial charge in [-0.3, -0.25) is 15.0 Å². The molecule has 0 spiro atoms. The second kappa shape index (κ2) is 40.1. The highest BCUT2D eigenvalue weighted by molar-refractivity contribution is 5.90. The van der Waals surface area contributed by atoms with E-state index in [1.54, 1.807) is 58.1 Å². The predicted molar refractivity (Wildman–Crippen MR) is 572 cm³/mol. The first kappa shape index (κ1) is 95.6. The van der Waals surface area contributed by atoms with E-state index in [-0.39, 0.29) is 28.2 Å². The summed E-state index contributed by atoms with van der Waals surface area (Å²) in [6.45, 7) is 29.9. The second-order valence-electron chi connectivity index (χ2n) is 40.1. The van der Waals surface area contributed by atoms with Crippen molar-refractivity contribution in [3.05, 3.63) is 305 Å². The van der Waals surface area contributed by atoms with Crippen LogP contribution in [0.2, 0.25) is 0 Å². The van der Waals surface area contributed by atoms with Crippen molar-refractivity contribution in [1.82, 2.24) is 87.6 Å². The van der Waals surface area contributed by atoms with E-state index in [0.717, 1.165) is 237 Å². The third-order valence-electron chi connectivity index (χ3n) is 29.6. The van der Waals surface area contributed by atoms with Crippen LogP contribution < -0.4 is 69.0 Å². The number of nitrogens with zero attached hydrogens (tertiary/aromatic N) is 19. The molecule has 15 aromatic heterocycles. The highest BCUT2D eigenvalue weighted by Gasteiger charge is 2.35. The Labute approximate surface area is 847 Å². The van der Waals surface area contributed by atoms with E-state index in [4.69, 9.17) is 22.1 Å². The van der Waals surface area contributed by atoms with Gasteiger partial charge in [-0.05, 0) is 247 Å². The van der Waals surface area contributed by atoms with Crippen molar-refractivity contribution < 1.29 is 30.9 Å². The molecule has 754 valence electrons. The molecule has 8 aliphatic rings. The van der Waals surface area contributed by atoms with Gasteiger partial charge in [0, 0.05) is 263 Å². The summed E-state index contributed by atoms with van der Waals surface area (Å²) >= 11 is 0. The van der Waals surface area contributed by atoms with E-state index < -0.39 is 22.9 Å². The van der Waals surface area contributed by atoms with Crippen LogP contribution in [0.15, 0.2) is 254 Å². The molecule has 0 radical (unpaired) electrons. The Balaban J connectivity index is 0.000000102. The maximum absolute atomic E-state index is 14.3. The topological polar surface area (TPSA) is 344 Å². The number of pyridine rings is 2. The Bertz CT molecular complexity index is 8870. The molecule has 23 heterocycles. The number of aryl methyl sites for hydroxylation is 6. The monoisotopic (exact) mass is 1990 g/mol. The number of fused-ring (bicyclic) bond motifs is 15. The summed E-state index contributed by atoms with van der Waals surface area (Å²) in [6, 6.07) is 44.2. The van der Waals surface area contributed by atoms with E-state index in [1.165, 1.54) is 31.4 Å². The van der Waals surface area contributed by atoms with E-state index in [1.807, 2.05) is 177 Å². The molecule has 4 N–H and O–H groups in total. The first-order valence-electron chi connectivity index (χ1n) is 50.8. The van der Waals surface area contributed by atoms with Crippen molar-refractivity contribution in [3.8, 4) is 56.3 Å². The van der Waals surface area contributed by atoms with Gasteiger partial charge in [-0.15, -0.1) is 0 Å². The van der Waals surface area contributed by atoms with Crippen LogP contribution in [0.1, 0.15) is 85.8 Å². The number of imidazole rings is 5. The minimum absolute atomic E-state index is 0.195. The zero-order valence-electron chi connectivity index (χ0n) is 83.6. The molecule has 8 saturated heterocycles. The van der Waals surface area contributed by atoms with Gasteiger partial charge >= 0.3 is 28.1 Å². The molecule has 0 amide bonds. The molecule has 28 rings (SSSR count). The first-order chi connectivity index (χ1) is 71.8. The van der Waals surface area contributed by atoms with Crippen LogP contribution in [-0.4, -0.2) is 208 Å². The molecule has 1 unspecified atom stereocenters. The number of aromatic nitrogens is 13. The number of benzene rings is 5. The number of piperidine rings is 3. The fraction of sp³-hybridized carbons (Fsp3) is 0.319. The lowest BCUT2D eigenvalue weighted by molar-refractivity contribution is 0.250. The molecule has 33 nitrogen and oxygen atoms in total. The van der Waals surface area contributed by atoms with E-state index in [9.17, 15) is 32.8 Å². The Hall–Kier alpha value is -16.0. The van der Waals surface area contributed by atoms with Crippen molar-refractivity contribution in [1.29, 1.82) is 0 Å². The second-order valence-corrected chi connectivity index (χ2v) is 40.1. The Morgan fingerprint density at radius 3 is 1.32 bits per heavy atom. The number of nitrogens with one attached hydrogen (secondary N) is 4. The van der Waals surface area contributed by atoms with Gasteiger partial charge in [-0.1, -0.05) is 0 Å². The zero-order valence-corrected chi connectivity index (χ0v) is 83.6. The van der Waals surface area contributed by atoms with E-state index in [0.29, 0.717) is 114 Å². The van der Waals surface area contributed by atoms with Gasteiger partial charge in [-0.25, -0.2) is 57.7 Å². The molecule has 0 saturated carbocycles. The summed E-state index contributed by atoms with van der Waals surface area (Å²) in [6.07, 6.45) is 29.4. The third kappa shape index (κ3) is 19.6. The van der Waals surface area contributed by atoms with Crippen LogP contribution in [0.3, 0.4) is 0 Å². The van der Waals surface area contributed by atoms with Crippen LogP contribution in [0.5, 0.6) is 0 Å². The smallest absolute Gasteiger partial charge is 0.345 e. The van der Waals surface area contributed by atoms with Gasteiger partial charge in [0.25, 0.3) is 0 Å². The lowest BCUT2D eigenvalue weighted by Crippen LogP contribution is -2.49. The number of piperazine rings is 1. The number of hydrogen-bond acceptors (Lipinski definition) is 28. The summed E-state index contributed by atoms with van der Waals surface area (Å²) in [7, 11) is 2.15. The number of likely N-dealkylation sites (N-methyl/N-ethyl adjacent to an activating group) is 1. The largest absolute Gasteiger partial charge is 0.422 e. The number of anilines is 5. The maximum atomic E-state index is 14.3. The van der Waals surface area contributed by atoms with Crippen LogP contribution >= 0.6 is 0 Å². The Morgan fingerprint density at radius 2 is 0.818 bits per heavy atom. The standard InChI is InChI=1S/2C24H23FN4O2.2C22H23N5O2.C21H21N5O2/c1-14-8-19(25)23-27-21(13-29(23)11-14)18-9-15-2-3-17(10-22(15)31-24(18)30)28-7-5-20-16(12-28)4-6-26-20;1-15-10-20(25)23-26-21(14-28(23)13-15)19-11-16-2-3-18(12-22(16)31-24(19)30)29-9-8-27-6-4-17(29)5-7-27;1-15-21-24-19(14-27(21)9-6-23-15)18-12-16-4-5-17(13-20(16)29-22(18)28)26-8-3-7-25(2)10-11-26;1-13-11-27-12-19(26-21(27)14(2)24-13)18-9-15-3-4-17(10-20(15)29-22(18)28)25-16-5-7-23-8-6-16;1-13-11-25(7-5-22-13)16-4-3-15-9-17(21(27)28-19(15)10-16)18-12-26-8-6-23-14(2)20(26)24-18/h2-3,8-11,13,16,20,26H,4-7,12H2,1H3;2-3,10-14,17H,4-9H2,1H3;4-6,9,12-14H,3,7-8,10-11H2,1-2H3;3-4,9-12,16,23,25H,5-8H2,1-2H3;3-4,6,8-10,12-13,22H,5,7,11H2,1-2H3/t16-,20?;;;;13-/m0...1/s1. The lowest BCUT2D eigenvalue weighted by atomic mass is 9.93. The van der Waals surface area contributed by atoms with Crippen LogP contribution in [0, 0.1) is 59.1 Å². The van der Waals surface area contributed by atoms with E-state index in [2.05, 4.69) is 129 Å². The molecule has 8 aliphatic heterocycles. The van der Waals surface area contributed by atoms with Crippen molar-refractivity contribution in [2.45, 2.75) is 118 Å². The number of rotatable bonds is 11. The van der Waals surface area contributed by atoms with Crippen molar-refractivity contribution in [3.63, 3.8) is 0 Å². The molecule has 3 atom stereocenters. The minimum Gasteiger partial charge on any atom is -0.422 e. The van der Waals surface area contributed by atoms with Gasteiger partial charge in [0.05, 0.1) is 79.1 Å². The fourth-order valence-electron chi connectivity index (χ4n) is 21.9. The predicted octanol–water partition coefficient (Wildman–Crippen LogP) is 16.4. The molecular weight excluding hydrogens is 1880 g/mol. The zero-order chi connectivity index (χ0) is 101. The lowest BCUT2D eigenvalue weighted by Gasteiger charge is -2.36. The Morgan fingerprint density at radius 1 is 0.372 bits per heavy atom. The molecule has 148 heavy (non-hydrogen) atoms. The molecule has 20 aromatic rings. The van der Waals surface area contributed by atoms with Crippen molar-refractivity contribution in [2.75, 3.05) is 137 Å². The van der Waals surface area contributed by atoms with Gasteiger partial charge in [0.1, 0.15) is 27.9 Å². The average molecular weight is 1990 g/mol. The van der Waals surface area contributed by atoms with Crippen LogP contribution in [0.4, 0.5) is 37.2 Å². The summed E-state index contributed by atoms with van der Waals surface area (Å²) in [5.74, 6) is -0.149. The SMILES string of the molecule is Cc1cc(F)c2nc(-c3cc4ccc(N5CCC6NCC[C@H]6C5)cc4oc3=O)cn2c1.Cc1cc(F)c2nc(-c3cc4ccc(N5CCN6CCC5CC6)cc4oc3=O)cn2c1.Cc1cn2cc(-c3cc4ccc(NC5CCNCC5)cc4oc3=O)nc2c(C)n1.Cc1nccn2cc(-c3cc4ccc(N5CCCN(C)CC5)cc4oc3=O)nc12.Cc1nccn2cc(-c3cc4ccc(N5CCN[C@H](C)C5)cc4oc3=O)nc12. The number of hydrogen-bond donors (Lipinski definition) is 4. The maximum Gasteiger partial charge on any atom is 0.345 e. The van der Waals surface area contributed by atoms with Gasteiger partial charge in [-0.2, -0.15) is 0 Å². The van der Waals surface area contributed by atoms with Crippen molar-refractivity contribution >= 4 is 112 Å². The quantitative estimate of drug-likeness (QED) is 0.0874. The molecule has 2 bridgehead atoms. The van der Waals surface area contributed by atoms with E-state index >= 15 is 0 Å². The van der Waals surface area contributed by atoms with Gasteiger partial charge < -0.3 is 94.8 Å². The summed E-state index contributed by atoms with van der Waals surface area (Å²) in [5.41, 5.74) is 18.3. The summed E-state index contributed by atoms with van der Waals surface area (Å²) < 4.78 is 65.8. The highest BCUT2D eigenvalue weighted by Crippen LogP contribution is 2.37. The fourth-order valence-corrected chi connectivity index (χ4v) is 21.9. The first-order valence-corrected chi connectivity index (χ1v) is 50.8. The van der Waals surface area contributed by atoms with Crippen molar-refractivity contribution in [2.24, 2.45) is 5.92 Å². The molecule has 35 heteroatoms. The summed E-state index contributed by atoms with van der Waals surface area (Å²) in [4.78, 5) is 113. The molecule has 5 aromatic carbocycles. The van der Waals surface area contributed by atoms with Crippen LogP contribution in [-0.2, 0) is 0 Å².